The molecule has 0 radical (unpaired) electrons. The van der Waals surface area contributed by atoms with E-state index in [1.54, 1.807) is 18.2 Å². The van der Waals surface area contributed by atoms with E-state index < -0.39 is 123 Å². The first-order valence-corrected chi connectivity index (χ1v) is 20.2. The van der Waals surface area contributed by atoms with Gasteiger partial charge in [0, 0.05) is 37.4 Å². The Morgan fingerprint density at radius 2 is 1.08 bits per heavy atom. The number of hydroxylamine groups is 2. The van der Waals surface area contributed by atoms with Crippen molar-refractivity contribution in [3.8, 4) is 0 Å². The van der Waals surface area contributed by atoms with E-state index in [9.17, 15) is 78.0 Å². The van der Waals surface area contributed by atoms with E-state index in [2.05, 4.69) is 5.32 Å². The molecular formula is C40H54N6O17. The van der Waals surface area contributed by atoms with Gasteiger partial charge in [-0.15, -0.1) is 5.06 Å². The molecular weight excluding hydrogens is 836 g/mol. The zero-order valence-electron chi connectivity index (χ0n) is 35.3. The summed E-state index contributed by atoms with van der Waals surface area (Å²) in [6, 6.07) is 6.84. The lowest BCUT2D eigenvalue weighted by molar-refractivity contribution is -0.201. The van der Waals surface area contributed by atoms with Crippen LogP contribution < -0.4 is 5.32 Å². The van der Waals surface area contributed by atoms with E-state index in [-0.39, 0.29) is 63.9 Å². The Kier molecular flexibility index (Phi) is 21.3. The number of hydrogen-bond donors (Lipinski definition) is 5. The predicted molar refractivity (Wildman–Crippen MR) is 214 cm³/mol. The van der Waals surface area contributed by atoms with Crippen molar-refractivity contribution in [3.63, 3.8) is 0 Å². The number of unbranched alkanes of at least 4 members (excludes halogenated alkanes) is 1. The van der Waals surface area contributed by atoms with Gasteiger partial charge < -0.3 is 50.2 Å². The van der Waals surface area contributed by atoms with Crippen LogP contribution in [0.1, 0.15) is 81.1 Å². The van der Waals surface area contributed by atoms with Gasteiger partial charge in [0.1, 0.15) is 45.8 Å². The van der Waals surface area contributed by atoms with Crippen LogP contribution in [0.25, 0.3) is 0 Å². The van der Waals surface area contributed by atoms with Crippen molar-refractivity contribution in [1.82, 2.24) is 30.0 Å². The second-order valence-electron chi connectivity index (χ2n) is 14.5. The molecule has 23 heteroatoms. The molecule has 346 valence electrons. The smallest absolute Gasteiger partial charge is 0.336 e. The van der Waals surface area contributed by atoms with Crippen LogP contribution in [0.5, 0.6) is 0 Å². The molecule has 0 unspecified atom stereocenters. The molecule has 5 N–H and O–H groups in total. The monoisotopic (exact) mass is 890 g/mol. The van der Waals surface area contributed by atoms with Gasteiger partial charge in [-0.2, -0.15) is 0 Å². The SMILES string of the molecule is CC.Cc1cccc(C(=O)NCCCCN(CC(=O)O)C(=O)CN(CC(=O)O)C(=O)CN(CC(=O)O)C(=O)CN(CC(=O)O)C(=O)C2CCC(C(=O)ON3C(=O)CCC3=O)CC2)c1. The van der Waals surface area contributed by atoms with Gasteiger partial charge in [0.25, 0.3) is 17.7 Å². The Morgan fingerprint density at radius 1 is 0.635 bits per heavy atom. The molecule has 3 rings (SSSR count). The minimum atomic E-state index is -1.65. The maximum Gasteiger partial charge on any atom is 0.336 e. The third-order valence-corrected chi connectivity index (χ3v) is 9.67. The molecule has 1 aliphatic heterocycles. The van der Waals surface area contributed by atoms with E-state index in [4.69, 9.17) is 4.84 Å². The highest BCUT2D eigenvalue weighted by molar-refractivity contribution is 6.01. The molecule has 0 aromatic heterocycles. The first-order valence-electron chi connectivity index (χ1n) is 20.2. The Labute approximate surface area is 361 Å². The lowest BCUT2D eigenvalue weighted by atomic mass is 9.81. The maximum absolute atomic E-state index is 13.5. The third-order valence-electron chi connectivity index (χ3n) is 9.67. The summed E-state index contributed by atoms with van der Waals surface area (Å²) in [5, 5.41) is 41.1. The van der Waals surface area contributed by atoms with Gasteiger partial charge in [-0.3, -0.25) is 52.7 Å². The molecule has 1 saturated heterocycles. The standard InChI is InChI=1S/C38H48N6O17.C2H6/c1-23-5-4-6-26(15-23)36(58)39-13-2-3-14-40(19-32(50)51)29(47)16-41(20-33(52)53)30(48)17-42(21-34(54)55)31(49)18-43(22-35(56)57)37(59)24-7-9-25(10-8-24)38(60)61-44-27(45)11-12-28(44)46;1-2/h4-6,15,24-25H,2-3,7-14,16-22H2,1H3,(H,39,58)(H,50,51)(H,52,53)(H,54,55)(H,56,57);1-2H3. The number of hydrogen-bond acceptors (Lipinski definition) is 13. The fourth-order valence-electron chi connectivity index (χ4n) is 6.59. The maximum atomic E-state index is 13.5. The molecule has 1 aliphatic carbocycles. The summed E-state index contributed by atoms with van der Waals surface area (Å²) < 4.78 is 0. The molecule has 0 spiro atoms. The fraction of sp³-hybridized carbons (Fsp3) is 0.550. The summed E-state index contributed by atoms with van der Waals surface area (Å²) in [5.74, 6) is -14.9. The number of rotatable bonds is 23. The van der Waals surface area contributed by atoms with E-state index in [0.29, 0.717) is 31.7 Å². The summed E-state index contributed by atoms with van der Waals surface area (Å²) in [7, 11) is 0. The van der Waals surface area contributed by atoms with Gasteiger partial charge in [0.15, 0.2) is 0 Å². The Hall–Kier alpha value is -6.94. The number of imide groups is 1. The number of aliphatic carboxylic acids is 4. The van der Waals surface area contributed by atoms with Crippen LogP contribution in [0.2, 0.25) is 0 Å². The van der Waals surface area contributed by atoms with Gasteiger partial charge in [-0.1, -0.05) is 31.5 Å². The van der Waals surface area contributed by atoms with Crippen molar-refractivity contribution in [2.24, 2.45) is 11.8 Å². The quantitative estimate of drug-likeness (QED) is 0.0689. The van der Waals surface area contributed by atoms with Crippen molar-refractivity contribution in [3.05, 3.63) is 35.4 Å². The Balaban J connectivity index is 0.00000672. The second kappa shape index (κ2) is 25.7. The van der Waals surface area contributed by atoms with Crippen LogP contribution in [0.4, 0.5) is 0 Å². The van der Waals surface area contributed by atoms with Crippen LogP contribution >= 0.6 is 0 Å². The molecule has 2 aliphatic rings. The van der Waals surface area contributed by atoms with Crippen molar-refractivity contribution in [2.45, 2.75) is 72.1 Å². The Bertz CT molecular complexity index is 1880. The highest BCUT2D eigenvalue weighted by atomic mass is 16.7. The molecule has 2 fully saturated rings. The van der Waals surface area contributed by atoms with Crippen LogP contribution in [0.3, 0.4) is 0 Å². The van der Waals surface area contributed by atoms with Gasteiger partial charge in [-0.05, 0) is 57.6 Å². The van der Waals surface area contributed by atoms with Crippen molar-refractivity contribution < 1.29 is 82.8 Å². The topological polar surface area (TPSA) is 323 Å². The van der Waals surface area contributed by atoms with Crippen LogP contribution in [0, 0.1) is 18.8 Å². The second-order valence-corrected chi connectivity index (χ2v) is 14.5. The summed E-state index contributed by atoms with van der Waals surface area (Å²) in [6.07, 6.45) is 0.338. The molecule has 7 amide bonds. The summed E-state index contributed by atoms with van der Waals surface area (Å²) in [4.78, 5) is 156. The van der Waals surface area contributed by atoms with Gasteiger partial charge >= 0.3 is 29.8 Å². The zero-order valence-corrected chi connectivity index (χ0v) is 35.3. The van der Waals surface area contributed by atoms with Gasteiger partial charge in [-0.25, -0.2) is 4.79 Å². The van der Waals surface area contributed by atoms with Crippen molar-refractivity contribution in [2.75, 3.05) is 58.9 Å². The number of carbonyl (C=O) groups is 12. The molecule has 0 bridgehead atoms. The first-order chi connectivity index (χ1) is 29.7. The fourth-order valence-corrected chi connectivity index (χ4v) is 6.59. The number of nitrogens with one attached hydrogen (secondary N) is 1. The summed E-state index contributed by atoms with van der Waals surface area (Å²) >= 11 is 0. The molecule has 63 heavy (non-hydrogen) atoms. The molecule has 0 atom stereocenters. The normalized spacial score (nSPS) is 15.5. The highest BCUT2D eigenvalue weighted by Crippen LogP contribution is 2.31. The number of nitrogens with zero attached hydrogens (tertiary/aromatic N) is 5. The summed E-state index contributed by atoms with van der Waals surface area (Å²) in [6.45, 7) is -1.54. The largest absolute Gasteiger partial charge is 0.480 e. The van der Waals surface area contributed by atoms with Crippen molar-refractivity contribution in [1.29, 1.82) is 0 Å². The Morgan fingerprint density at radius 3 is 1.57 bits per heavy atom. The van der Waals surface area contributed by atoms with E-state index in [0.717, 1.165) is 10.5 Å². The summed E-state index contributed by atoms with van der Waals surface area (Å²) in [5.41, 5.74) is 1.30. The molecule has 1 aromatic rings. The minimum absolute atomic E-state index is 0.00374. The number of carbonyl (C=O) groups excluding carboxylic acids is 8. The van der Waals surface area contributed by atoms with E-state index >= 15 is 0 Å². The van der Waals surface area contributed by atoms with Gasteiger partial charge in [0.05, 0.1) is 5.92 Å². The molecule has 23 nitrogen and oxygen atoms in total. The first kappa shape index (κ1) is 52.2. The van der Waals surface area contributed by atoms with E-state index in [1.807, 2.05) is 26.8 Å². The number of amides is 7. The van der Waals surface area contributed by atoms with E-state index in [1.165, 1.54) is 0 Å². The average Bonchev–Trinajstić information content (AvgIpc) is 3.54. The third kappa shape index (κ3) is 17.5. The van der Waals surface area contributed by atoms with Crippen LogP contribution in [-0.2, 0) is 57.6 Å². The number of aryl methyl sites for hydroxylation is 1. The van der Waals surface area contributed by atoms with Crippen LogP contribution in [-0.4, -0.2) is 175 Å². The highest BCUT2D eigenvalue weighted by Gasteiger charge is 2.39. The predicted octanol–water partition coefficient (Wildman–Crippen LogP) is -0.402. The molecule has 1 heterocycles. The van der Waals surface area contributed by atoms with Crippen molar-refractivity contribution >= 4 is 71.2 Å². The minimum Gasteiger partial charge on any atom is -0.480 e. The lowest BCUT2D eigenvalue weighted by Gasteiger charge is -2.32. The number of carboxylic acid groups (broad SMARTS) is 4. The molecule has 1 saturated carbocycles. The van der Waals surface area contributed by atoms with Gasteiger partial charge in [0.2, 0.25) is 23.6 Å². The number of carboxylic acids is 4. The lowest BCUT2D eigenvalue weighted by Crippen LogP contribution is -2.53. The average molecular weight is 891 g/mol. The number of benzene rings is 1. The zero-order chi connectivity index (χ0) is 47.4. The van der Waals surface area contributed by atoms with Crippen LogP contribution in [0.15, 0.2) is 24.3 Å². The molecule has 1 aromatic carbocycles.